The van der Waals surface area contributed by atoms with Gasteiger partial charge in [0.2, 0.25) is 11.7 Å². The fourth-order valence-electron chi connectivity index (χ4n) is 3.67. The Morgan fingerprint density at radius 1 is 1.07 bits per heavy atom. The maximum absolute atomic E-state index is 12.7. The van der Waals surface area contributed by atoms with Crippen molar-refractivity contribution < 1.29 is 14.3 Å². The summed E-state index contributed by atoms with van der Waals surface area (Å²) in [7, 11) is 0. The first kappa shape index (κ1) is 20.0. The van der Waals surface area contributed by atoms with Crippen molar-refractivity contribution in [3.05, 3.63) is 52.3 Å². The number of piperidine rings is 1. The molecule has 0 N–H and O–H groups in total. The van der Waals surface area contributed by atoms with Crippen LogP contribution < -0.4 is 4.90 Å². The van der Waals surface area contributed by atoms with Gasteiger partial charge in [0.15, 0.2) is 6.61 Å². The van der Waals surface area contributed by atoms with Gasteiger partial charge in [-0.25, -0.2) is 14.8 Å². The maximum Gasteiger partial charge on any atom is 0.329 e. The molecule has 1 aromatic carbocycles. The van der Waals surface area contributed by atoms with Gasteiger partial charge in [0.05, 0.1) is 0 Å². The molecule has 0 radical (unpaired) electrons. The lowest BCUT2D eigenvalue weighted by molar-refractivity contribution is -0.144. The zero-order chi connectivity index (χ0) is 20.3. The predicted molar refractivity (Wildman–Crippen MR) is 108 cm³/mol. The number of carbonyl (C=O) groups excluding carboxylic acids is 2. The summed E-state index contributed by atoms with van der Waals surface area (Å²) >= 11 is 0. The third-order valence-electron chi connectivity index (χ3n) is 5.71. The van der Waals surface area contributed by atoms with E-state index in [1.165, 1.54) is 5.56 Å². The highest BCUT2D eigenvalue weighted by atomic mass is 16.5. The highest BCUT2D eigenvalue weighted by Crippen LogP contribution is 2.24. The fraction of sp³-hybridized carbons (Fsp3) is 0.455. The van der Waals surface area contributed by atoms with Crippen LogP contribution in [0.1, 0.15) is 51.9 Å². The molecular weight excluding hydrogens is 354 g/mol. The number of hydrogen-bond donors (Lipinski definition) is 0. The van der Waals surface area contributed by atoms with Gasteiger partial charge in [-0.2, -0.15) is 0 Å². The Hall–Kier alpha value is -2.76. The molecule has 1 aromatic heterocycles. The molecule has 6 heteroatoms. The second-order valence-electron chi connectivity index (χ2n) is 7.40. The van der Waals surface area contributed by atoms with Crippen LogP contribution in [0.2, 0.25) is 0 Å². The van der Waals surface area contributed by atoms with Crippen LogP contribution in [-0.4, -0.2) is 40.9 Å². The number of nitrogens with zero attached hydrogens (tertiary/aromatic N) is 3. The maximum atomic E-state index is 12.7. The van der Waals surface area contributed by atoms with Crippen LogP contribution in [0.25, 0.3) is 0 Å². The molecule has 1 fully saturated rings. The lowest BCUT2D eigenvalue weighted by Crippen LogP contribution is -2.46. The van der Waals surface area contributed by atoms with Crippen molar-refractivity contribution in [1.82, 2.24) is 9.97 Å². The Bertz CT molecular complexity index is 880. The molecule has 0 saturated carbocycles. The van der Waals surface area contributed by atoms with E-state index in [-0.39, 0.29) is 12.4 Å². The summed E-state index contributed by atoms with van der Waals surface area (Å²) in [5.41, 5.74) is 4.93. The monoisotopic (exact) mass is 381 g/mol. The summed E-state index contributed by atoms with van der Waals surface area (Å²) in [5, 5.41) is 0. The predicted octanol–water partition coefficient (Wildman–Crippen LogP) is 3.50. The minimum Gasteiger partial charge on any atom is -0.456 e. The van der Waals surface area contributed by atoms with Crippen molar-refractivity contribution in [2.45, 2.75) is 53.0 Å². The number of Topliss-reactive ketones (excluding diaryl/α,β-unsaturated/α-hetero) is 1. The molecule has 0 bridgehead atoms. The third-order valence-corrected chi connectivity index (χ3v) is 5.71. The topological polar surface area (TPSA) is 72.4 Å². The number of aromatic nitrogens is 2. The van der Waals surface area contributed by atoms with Gasteiger partial charge < -0.3 is 9.64 Å². The molecule has 148 valence electrons. The summed E-state index contributed by atoms with van der Waals surface area (Å²) in [6.45, 7) is 8.45. The zero-order valence-corrected chi connectivity index (χ0v) is 17.0. The minimum atomic E-state index is -0.452. The van der Waals surface area contributed by atoms with Gasteiger partial charge in [-0.1, -0.05) is 0 Å². The third kappa shape index (κ3) is 4.06. The van der Waals surface area contributed by atoms with E-state index in [0.29, 0.717) is 24.5 Å². The molecule has 0 spiro atoms. The summed E-state index contributed by atoms with van der Waals surface area (Å²) in [4.78, 5) is 35.8. The molecule has 1 atom stereocenters. The van der Waals surface area contributed by atoms with Gasteiger partial charge in [0.25, 0.3) is 0 Å². The molecule has 2 heterocycles. The molecule has 2 aromatic rings. The van der Waals surface area contributed by atoms with E-state index in [2.05, 4.69) is 16.9 Å². The average Bonchev–Trinajstić information content (AvgIpc) is 2.73. The van der Waals surface area contributed by atoms with E-state index in [9.17, 15) is 9.59 Å². The van der Waals surface area contributed by atoms with Crippen LogP contribution in [0.15, 0.2) is 24.5 Å². The van der Waals surface area contributed by atoms with Crippen LogP contribution in [0, 0.1) is 27.7 Å². The first-order valence-corrected chi connectivity index (χ1v) is 9.71. The van der Waals surface area contributed by atoms with Crippen molar-refractivity contribution in [3.63, 3.8) is 0 Å². The second kappa shape index (κ2) is 8.50. The molecule has 0 aliphatic carbocycles. The molecule has 6 nitrogen and oxygen atoms in total. The standard InChI is InChI=1S/C22H27N3O3/c1-14-12-18(17(4)16(3)15(14)2)20(26)13-28-21(27)19-8-5-6-11-25(19)22-23-9-7-10-24-22/h7,9-10,12,19H,5-6,8,11,13H2,1-4H3/t19-/m0/s1. The lowest BCUT2D eigenvalue weighted by Gasteiger charge is -2.33. The van der Waals surface area contributed by atoms with Gasteiger partial charge in [-0.05, 0) is 81.3 Å². The molecule has 0 unspecified atom stereocenters. The van der Waals surface area contributed by atoms with Crippen molar-refractivity contribution in [3.8, 4) is 0 Å². The summed E-state index contributed by atoms with van der Waals surface area (Å²) in [6.07, 6.45) is 5.91. The van der Waals surface area contributed by atoms with Crippen LogP contribution >= 0.6 is 0 Å². The van der Waals surface area contributed by atoms with Crippen molar-refractivity contribution in [2.24, 2.45) is 0 Å². The van der Waals surface area contributed by atoms with E-state index < -0.39 is 12.0 Å². The number of rotatable bonds is 5. The summed E-state index contributed by atoms with van der Waals surface area (Å²) in [6, 6.07) is 3.18. The van der Waals surface area contributed by atoms with Gasteiger partial charge >= 0.3 is 5.97 Å². The number of benzene rings is 1. The van der Waals surface area contributed by atoms with Crippen LogP contribution in [0.5, 0.6) is 0 Å². The summed E-state index contributed by atoms with van der Waals surface area (Å²) < 4.78 is 5.43. The number of ether oxygens (including phenoxy) is 1. The average molecular weight is 381 g/mol. The van der Waals surface area contributed by atoms with E-state index >= 15 is 0 Å². The SMILES string of the molecule is Cc1cc(C(=O)COC(=O)[C@@H]2CCCCN2c2ncccn2)c(C)c(C)c1C. The Morgan fingerprint density at radius 3 is 2.50 bits per heavy atom. The van der Waals surface area contributed by atoms with Gasteiger partial charge in [0.1, 0.15) is 6.04 Å². The number of carbonyl (C=O) groups is 2. The molecule has 1 aliphatic rings. The van der Waals surface area contributed by atoms with Gasteiger partial charge in [0, 0.05) is 24.5 Å². The van der Waals surface area contributed by atoms with E-state index in [4.69, 9.17) is 4.74 Å². The second-order valence-corrected chi connectivity index (χ2v) is 7.40. The highest BCUT2D eigenvalue weighted by Gasteiger charge is 2.32. The van der Waals surface area contributed by atoms with E-state index in [1.54, 1.807) is 18.5 Å². The van der Waals surface area contributed by atoms with E-state index in [1.807, 2.05) is 31.7 Å². The van der Waals surface area contributed by atoms with Crippen molar-refractivity contribution >= 4 is 17.7 Å². The largest absolute Gasteiger partial charge is 0.456 e. The number of anilines is 1. The van der Waals surface area contributed by atoms with Gasteiger partial charge in [-0.3, -0.25) is 4.79 Å². The number of esters is 1. The van der Waals surface area contributed by atoms with Gasteiger partial charge in [-0.15, -0.1) is 0 Å². The Labute approximate surface area is 165 Å². The Kier molecular flexibility index (Phi) is 6.07. The highest BCUT2D eigenvalue weighted by molar-refractivity contribution is 6.00. The molecular formula is C22H27N3O3. The fourth-order valence-corrected chi connectivity index (χ4v) is 3.67. The molecule has 1 saturated heterocycles. The normalized spacial score (nSPS) is 16.7. The molecule has 1 aliphatic heterocycles. The minimum absolute atomic E-state index is 0.171. The number of hydrogen-bond acceptors (Lipinski definition) is 6. The molecule has 0 amide bonds. The zero-order valence-electron chi connectivity index (χ0n) is 17.0. The Morgan fingerprint density at radius 2 is 1.79 bits per heavy atom. The van der Waals surface area contributed by atoms with Crippen LogP contribution in [0.3, 0.4) is 0 Å². The first-order chi connectivity index (χ1) is 13.4. The quantitative estimate of drug-likeness (QED) is 0.583. The first-order valence-electron chi connectivity index (χ1n) is 9.71. The van der Waals surface area contributed by atoms with Crippen molar-refractivity contribution in [1.29, 1.82) is 0 Å². The summed E-state index contributed by atoms with van der Waals surface area (Å²) in [5.74, 6) is -0.0369. The lowest BCUT2D eigenvalue weighted by atomic mass is 9.93. The molecule has 3 rings (SSSR count). The molecule has 28 heavy (non-hydrogen) atoms. The van der Waals surface area contributed by atoms with Crippen LogP contribution in [0.4, 0.5) is 5.95 Å². The van der Waals surface area contributed by atoms with Crippen LogP contribution in [-0.2, 0) is 9.53 Å². The number of aryl methyl sites for hydroxylation is 1. The van der Waals surface area contributed by atoms with E-state index in [0.717, 1.165) is 29.5 Å². The Balaban J connectivity index is 1.70. The smallest absolute Gasteiger partial charge is 0.329 e. The number of ketones is 1. The van der Waals surface area contributed by atoms with Crippen molar-refractivity contribution in [2.75, 3.05) is 18.1 Å².